The van der Waals surface area contributed by atoms with Crippen LogP contribution in [0, 0.1) is 17.1 Å². The van der Waals surface area contributed by atoms with Crippen LogP contribution < -0.4 is 4.74 Å². The van der Waals surface area contributed by atoms with E-state index in [1.165, 1.54) is 20.3 Å². The zero-order valence-electron chi connectivity index (χ0n) is 20.4. The van der Waals surface area contributed by atoms with Crippen LogP contribution in [0.2, 0.25) is 0 Å². The molecule has 2 N–H and O–H groups in total. The summed E-state index contributed by atoms with van der Waals surface area (Å²) in [6, 6.07) is 8.84. The van der Waals surface area contributed by atoms with Gasteiger partial charge < -0.3 is 19.1 Å². The van der Waals surface area contributed by atoms with E-state index in [-0.39, 0.29) is 30.9 Å². The number of hydrogen-bond acceptors (Lipinski definition) is 6. The highest BCUT2D eigenvalue weighted by molar-refractivity contribution is 5.94. The number of halogens is 1. The summed E-state index contributed by atoms with van der Waals surface area (Å²) in [5.74, 6) is -1.58. The monoisotopic (exact) mass is 491 g/mol. The van der Waals surface area contributed by atoms with E-state index in [0.29, 0.717) is 16.9 Å². The highest BCUT2D eigenvalue weighted by atomic mass is 19.1. The van der Waals surface area contributed by atoms with Crippen LogP contribution >= 0.6 is 0 Å². The van der Waals surface area contributed by atoms with Gasteiger partial charge in [-0.2, -0.15) is 10.4 Å². The average molecular weight is 492 g/mol. The number of nitrogens with zero attached hydrogens (tertiary/aromatic N) is 4. The first-order valence-electron chi connectivity index (χ1n) is 11.5. The molecule has 0 amide bonds. The smallest absolute Gasteiger partial charge is 0.335 e. The number of fused-ring (bicyclic) bond motifs is 2. The molecule has 1 fully saturated rings. The lowest BCUT2D eigenvalue weighted by atomic mass is 9.65. The van der Waals surface area contributed by atoms with E-state index in [1.54, 1.807) is 18.3 Å². The number of carboxylic acids is 1. The van der Waals surface area contributed by atoms with Gasteiger partial charge in [0.15, 0.2) is 22.8 Å². The lowest BCUT2D eigenvalue weighted by molar-refractivity contribution is -0.175. The summed E-state index contributed by atoms with van der Waals surface area (Å²) in [6.45, 7) is 3.94. The molecule has 3 aromatic heterocycles. The van der Waals surface area contributed by atoms with E-state index in [4.69, 9.17) is 14.5 Å². The van der Waals surface area contributed by atoms with Crippen LogP contribution in [0.15, 0.2) is 30.5 Å². The molecule has 0 saturated heterocycles. The topological polar surface area (TPSA) is 126 Å². The number of H-pyrrole nitrogens is 1. The maximum absolute atomic E-state index is 14.3. The van der Waals surface area contributed by atoms with Crippen molar-refractivity contribution >= 4 is 28.0 Å². The van der Waals surface area contributed by atoms with Gasteiger partial charge in [-0.3, -0.25) is 5.10 Å². The molecule has 0 radical (unpaired) electrons. The molecule has 0 unspecified atom stereocenters. The van der Waals surface area contributed by atoms with Crippen molar-refractivity contribution in [2.75, 3.05) is 14.2 Å². The first-order valence-corrected chi connectivity index (χ1v) is 11.5. The molecule has 10 heteroatoms. The summed E-state index contributed by atoms with van der Waals surface area (Å²) in [5, 5.41) is 27.3. The number of methoxy groups -OCH3 is 2. The molecule has 1 aliphatic carbocycles. The Hall–Kier alpha value is -3.97. The van der Waals surface area contributed by atoms with Gasteiger partial charge in [0.25, 0.3) is 0 Å². The van der Waals surface area contributed by atoms with Gasteiger partial charge >= 0.3 is 5.97 Å². The molecular weight excluding hydrogens is 465 g/mol. The molecule has 1 aromatic carbocycles. The number of rotatable bonds is 7. The Labute approximate surface area is 206 Å². The van der Waals surface area contributed by atoms with Crippen molar-refractivity contribution in [1.29, 1.82) is 5.26 Å². The minimum Gasteiger partial charge on any atom is -0.494 e. The van der Waals surface area contributed by atoms with Gasteiger partial charge in [0.05, 0.1) is 30.4 Å². The van der Waals surface area contributed by atoms with E-state index in [2.05, 4.69) is 16.3 Å². The number of nitriles is 1. The van der Waals surface area contributed by atoms with E-state index in [1.807, 2.05) is 24.5 Å². The number of aromatic amines is 1. The number of benzene rings is 1. The van der Waals surface area contributed by atoms with Crippen LogP contribution in [0.5, 0.6) is 5.75 Å². The average Bonchev–Trinajstić information content (AvgIpc) is 3.40. The predicted molar refractivity (Wildman–Crippen MR) is 130 cm³/mol. The van der Waals surface area contributed by atoms with Gasteiger partial charge in [0.1, 0.15) is 0 Å². The third kappa shape index (κ3) is 3.42. The number of aromatic nitrogens is 4. The molecule has 186 valence electrons. The summed E-state index contributed by atoms with van der Waals surface area (Å²) >= 11 is 0. The summed E-state index contributed by atoms with van der Waals surface area (Å²) in [7, 11) is 2.81. The Morgan fingerprint density at radius 3 is 2.75 bits per heavy atom. The summed E-state index contributed by atoms with van der Waals surface area (Å²) in [6.07, 6.45) is 2.41. The zero-order valence-corrected chi connectivity index (χ0v) is 20.4. The van der Waals surface area contributed by atoms with Gasteiger partial charge in [0.2, 0.25) is 0 Å². The van der Waals surface area contributed by atoms with Crippen LogP contribution in [-0.4, -0.2) is 50.6 Å². The number of aliphatic carboxylic acids is 1. The Kier molecular flexibility index (Phi) is 5.48. The van der Waals surface area contributed by atoms with Crippen molar-refractivity contribution < 1.29 is 23.8 Å². The molecule has 0 aliphatic heterocycles. The summed E-state index contributed by atoms with van der Waals surface area (Å²) < 4.78 is 27.0. The second kappa shape index (κ2) is 8.31. The lowest BCUT2D eigenvalue weighted by Crippen LogP contribution is -2.51. The molecule has 3 heterocycles. The summed E-state index contributed by atoms with van der Waals surface area (Å²) in [4.78, 5) is 16.9. The van der Waals surface area contributed by atoms with E-state index in [0.717, 1.165) is 22.2 Å². The molecule has 0 bridgehead atoms. The largest absolute Gasteiger partial charge is 0.494 e. The van der Waals surface area contributed by atoms with Gasteiger partial charge in [-0.15, -0.1) is 0 Å². The fraction of sp³-hybridized carbons (Fsp3) is 0.385. The maximum atomic E-state index is 14.3. The second-order valence-electron chi connectivity index (χ2n) is 9.91. The van der Waals surface area contributed by atoms with Crippen molar-refractivity contribution in [3.8, 4) is 17.5 Å². The Balaban J connectivity index is 1.86. The number of pyridine rings is 1. The van der Waals surface area contributed by atoms with Crippen molar-refractivity contribution in [3.63, 3.8) is 0 Å². The third-order valence-electron chi connectivity index (χ3n) is 7.28. The number of carbonyl (C=O) groups is 1. The molecule has 1 saturated carbocycles. The van der Waals surface area contributed by atoms with Crippen LogP contribution in [0.25, 0.3) is 27.8 Å². The van der Waals surface area contributed by atoms with E-state index in [9.17, 15) is 19.6 Å². The SMILES string of the molecule is COc1cc(-n2c(C(C)(C)CC#N)c(C3CC(OC)(C(=O)O)C3)c3nc4[nH]ncc4cc32)ccc1F. The van der Waals surface area contributed by atoms with Gasteiger partial charge in [-0.25, -0.2) is 14.2 Å². The Bertz CT molecular complexity index is 1540. The quantitative estimate of drug-likeness (QED) is 0.387. The normalized spacial score (nSPS) is 19.8. The second-order valence-corrected chi connectivity index (χ2v) is 9.91. The number of hydrogen-bond donors (Lipinski definition) is 2. The fourth-order valence-corrected chi connectivity index (χ4v) is 5.35. The van der Waals surface area contributed by atoms with E-state index < -0.39 is 22.8 Å². The zero-order chi connectivity index (χ0) is 25.8. The molecule has 0 atom stereocenters. The van der Waals surface area contributed by atoms with Gasteiger partial charge in [-0.05, 0) is 37.0 Å². The van der Waals surface area contributed by atoms with Crippen LogP contribution in [0.3, 0.4) is 0 Å². The third-order valence-corrected chi connectivity index (χ3v) is 7.28. The first-order chi connectivity index (χ1) is 17.2. The highest BCUT2D eigenvalue weighted by Gasteiger charge is 2.53. The van der Waals surface area contributed by atoms with Crippen LogP contribution in [-0.2, 0) is 14.9 Å². The van der Waals surface area contributed by atoms with Gasteiger partial charge in [-0.1, -0.05) is 13.8 Å². The Morgan fingerprint density at radius 2 is 2.11 bits per heavy atom. The lowest BCUT2D eigenvalue weighted by Gasteiger charge is -2.44. The fourth-order valence-electron chi connectivity index (χ4n) is 5.35. The first kappa shape index (κ1) is 23.8. The van der Waals surface area contributed by atoms with Crippen LogP contribution in [0.1, 0.15) is 50.3 Å². The van der Waals surface area contributed by atoms with Crippen molar-refractivity contribution in [3.05, 3.63) is 47.5 Å². The molecule has 4 aromatic rings. The highest BCUT2D eigenvalue weighted by Crippen LogP contribution is 2.53. The summed E-state index contributed by atoms with van der Waals surface area (Å²) in [5.41, 5.74) is 2.43. The predicted octanol–water partition coefficient (Wildman–Crippen LogP) is 4.59. The molecule has 5 rings (SSSR count). The van der Waals surface area contributed by atoms with Crippen LogP contribution in [0.4, 0.5) is 4.39 Å². The van der Waals surface area contributed by atoms with Crippen molar-refractivity contribution in [1.82, 2.24) is 19.7 Å². The molecule has 1 aliphatic rings. The molecular formula is C26H26FN5O4. The van der Waals surface area contributed by atoms with E-state index >= 15 is 0 Å². The minimum absolute atomic E-state index is 0.0882. The standard InChI is InChI=1S/C26H26FN5O4/c1-25(2,7-8-28)22-20(15-11-26(12-15,36-4)24(33)34)21-18(9-14-13-29-31-23(14)30-21)32(22)16-5-6-17(27)19(10-16)35-3/h5-6,9-10,13,15H,7,11-12H2,1-4H3,(H,33,34)(H,29,30,31). The van der Waals surface area contributed by atoms with Crippen molar-refractivity contribution in [2.24, 2.45) is 0 Å². The number of nitrogens with one attached hydrogen (secondary N) is 1. The Morgan fingerprint density at radius 1 is 1.36 bits per heavy atom. The number of ether oxygens (including phenoxy) is 2. The molecule has 9 nitrogen and oxygen atoms in total. The maximum Gasteiger partial charge on any atom is 0.335 e. The van der Waals surface area contributed by atoms with Crippen molar-refractivity contribution in [2.45, 2.75) is 50.0 Å². The molecule has 36 heavy (non-hydrogen) atoms. The number of carboxylic acid groups (broad SMARTS) is 1. The molecule has 0 spiro atoms. The van der Waals surface area contributed by atoms with Gasteiger partial charge in [0, 0.05) is 47.3 Å². The minimum atomic E-state index is -1.27.